The molecule has 4 aliphatic rings. The Labute approximate surface area is 125 Å². The van der Waals surface area contributed by atoms with E-state index in [-0.39, 0.29) is 6.04 Å². The molecule has 0 saturated heterocycles. The summed E-state index contributed by atoms with van der Waals surface area (Å²) in [4.78, 5) is 0. The number of hydrogen-bond acceptors (Lipinski definition) is 1. The lowest BCUT2D eigenvalue weighted by atomic mass is 9.50. The molecule has 0 spiro atoms. The maximum absolute atomic E-state index is 14.2. The van der Waals surface area contributed by atoms with Gasteiger partial charge in [-0.05, 0) is 74.8 Å². The van der Waals surface area contributed by atoms with Crippen molar-refractivity contribution in [1.82, 2.24) is 5.32 Å². The maximum Gasteiger partial charge on any atom is 0.130 e. The molecule has 4 aliphatic carbocycles. The molecule has 1 atom stereocenters. The molecule has 3 heteroatoms. The standard InChI is InChI=1S/C18H23F2N/c1-21-18(15-3-2-14(19)9-16(15)20)17-12-5-10-4-11(7-12)8-13(17)6-10/h2-3,9-13,17-18,21H,4-8H2,1H3. The topological polar surface area (TPSA) is 12.0 Å². The second kappa shape index (κ2) is 5.05. The van der Waals surface area contributed by atoms with Gasteiger partial charge in [0.25, 0.3) is 0 Å². The zero-order chi connectivity index (χ0) is 14.6. The first-order chi connectivity index (χ1) is 10.2. The third-order valence-electron chi connectivity index (χ3n) is 6.29. The second-order valence-corrected chi connectivity index (χ2v) is 7.44. The van der Waals surface area contributed by atoms with Crippen LogP contribution in [0.2, 0.25) is 0 Å². The molecule has 0 heterocycles. The van der Waals surface area contributed by atoms with E-state index in [0.29, 0.717) is 11.5 Å². The molecule has 114 valence electrons. The highest BCUT2D eigenvalue weighted by Gasteiger charge is 2.50. The van der Waals surface area contributed by atoms with Gasteiger partial charge >= 0.3 is 0 Å². The van der Waals surface area contributed by atoms with Gasteiger partial charge in [0.2, 0.25) is 0 Å². The van der Waals surface area contributed by atoms with Crippen LogP contribution in [0, 0.1) is 41.2 Å². The van der Waals surface area contributed by atoms with Gasteiger partial charge in [0.05, 0.1) is 0 Å². The van der Waals surface area contributed by atoms with Crippen LogP contribution in [-0.2, 0) is 0 Å². The zero-order valence-corrected chi connectivity index (χ0v) is 12.5. The minimum absolute atomic E-state index is 0.0283. The first-order valence-electron chi connectivity index (χ1n) is 8.28. The van der Waals surface area contributed by atoms with Crippen molar-refractivity contribution in [2.45, 2.75) is 38.1 Å². The molecule has 5 rings (SSSR count). The van der Waals surface area contributed by atoms with Gasteiger partial charge in [-0.15, -0.1) is 0 Å². The Kier molecular flexibility index (Phi) is 3.29. The van der Waals surface area contributed by atoms with Crippen LogP contribution in [0.15, 0.2) is 18.2 Å². The van der Waals surface area contributed by atoms with E-state index in [2.05, 4.69) is 5.32 Å². The molecule has 1 nitrogen and oxygen atoms in total. The number of nitrogens with one attached hydrogen (secondary N) is 1. The summed E-state index contributed by atoms with van der Waals surface area (Å²) in [5.74, 6) is 2.91. The number of benzene rings is 1. The summed E-state index contributed by atoms with van der Waals surface area (Å²) in [5, 5.41) is 3.34. The Balaban J connectivity index is 1.67. The summed E-state index contributed by atoms with van der Waals surface area (Å²) in [6.07, 6.45) is 6.70. The smallest absolute Gasteiger partial charge is 0.130 e. The molecule has 1 N–H and O–H groups in total. The lowest BCUT2D eigenvalue weighted by Gasteiger charge is -2.56. The van der Waals surface area contributed by atoms with Gasteiger partial charge in [0.1, 0.15) is 11.6 Å². The fourth-order valence-electron chi connectivity index (χ4n) is 5.82. The van der Waals surface area contributed by atoms with Crippen LogP contribution in [0.4, 0.5) is 8.78 Å². The van der Waals surface area contributed by atoms with Crippen molar-refractivity contribution in [3.8, 4) is 0 Å². The van der Waals surface area contributed by atoms with Crippen LogP contribution < -0.4 is 5.32 Å². The normalized spacial score (nSPS) is 38.7. The van der Waals surface area contributed by atoms with Crippen molar-refractivity contribution in [2.24, 2.45) is 29.6 Å². The molecule has 1 aromatic rings. The Morgan fingerprint density at radius 3 is 2.14 bits per heavy atom. The van der Waals surface area contributed by atoms with Gasteiger partial charge in [-0.3, -0.25) is 0 Å². The van der Waals surface area contributed by atoms with Crippen molar-refractivity contribution in [2.75, 3.05) is 7.05 Å². The van der Waals surface area contributed by atoms with Crippen molar-refractivity contribution in [1.29, 1.82) is 0 Å². The van der Waals surface area contributed by atoms with Gasteiger partial charge in [-0.1, -0.05) is 6.07 Å². The van der Waals surface area contributed by atoms with Crippen LogP contribution in [0.3, 0.4) is 0 Å². The van der Waals surface area contributed by atoms with Gasteiger partial charge in [0, 0.05) is 17.7 Å². The van der Waals surface area contributed by atoms with Crippen LogP contribution in [-0.4, -0.2) is 7.05 Å². The van der Waals surface area contributed by atoms with E-state index in [0.717, 1.165) is 29.7 Å². The summed E-state index contributed by atoms with van der Waals surface area (Å²) >= 11 is 0. The summed E-state index contributed by atoms with van der Waals surface area (Å²) in [5.41, 5.74) is 0.649. The van der Waals surface area contributed by atoms with Gasteiger partial charge in [-0.2, -0.15) is 0 Å². The number of rotatable bonds is 3. The van der Waals surface area contributed by atoms with Crippen LogP contribution in [0.5, 0.6) is 0 Å². The minimum atomic E-state index is -0.490. The van der Waals surface area contributed by atoms with Crippen LogP contribution in [0.25, 0.3) is 0 Å². The summed E-state index contributed by atoms with van der Waals surface area (Å²) < 4.78 is 27.4. The predicted octanol–water partition coefficient (Wildman–Crippen LogP) is 4.30. The molecule has 0 amide bonds. The molecule has 4 bridgehead atoms. The lowest BCUT2D eigenvalue weighted by molar-refractivity contribution is -0.0519. The largest absolute Gasteiger partial charge is 0.313 e. The van der Waals surface area contributed by atoms with Crippen LogP contribution >= 0.6 is 0 Å². The van der Waals surface area contributed by atoms with Crippen molar-refractivity contribution < 1.29 is 8.78 Å². The molecule has 21 heavy (non-hydrogen) atoms. The quantitative estimate of drug-likeness (QED) is 0.875. The monoisotopic (exact) mass is 291 g/mol. The summed E-state index contributed by atoms with van der Waals surface area (Å²) in [6.45, 7) is 0. The second-order valence-electron chi connectivity index (χ2n) is 7.44. The van der Waals surface area contributed by atoms with Crippen molar-refractivity contribution in [3.63, 3.8) is 0 Å². The van der Waals surface area contributed by atoms with E-state index in [4.69, 9.17) is 0 Å². The average molecular weight is 291 g/mol. The van der Waals surface area contributed by atoms with E-state index in [1.54, 1.807) is 6.07 Å². The van der Waals surface area contributed by atoms with E-state index < -0.39 is 11.6 Å². The first-order valence-corrected chi connectivity index (χ1v) is 8.28. The Hall–Kier alpha value is -0.960. The molecule has 4 fully saturated rings. The average Bonchev–Trinajstić information content (AvgIpc) is 2.43. The number of halogens is 2. The predicted molar refractivity (Wildman–Crippen MR) is 78.7 cm³/mol. The molecule has 0 radical (unpaired) electrons. The molecule has 0 aliphatic heterocycles. The fraction of sp³-hybridized carbons (Fsp3) is 0.667. The highest BCUT2D eigenvalue weighted by Crippen LogP contribution is 2.59. The van der Waals surface area contributed by atoms with E-state index in [9.17, 15) is 8.78 Å². The highest BCUT2D eigenvalue weighted by molar-refractivity contribution is 5.24. The lowest BCUT2D eigenvalue weighted by Crippen LogP contribution is -2.49. The molecular formula is C18H23F2N. The maximum atomic E-state index is 14.2. The van der Waals surface area contributed by atoms with Crippen molar-refractivity contribution in [3.05, 3.63) is 35.4 Å². The molecule has 4 saturated carbocycles. The first kappa shape index (κ1) is 13.7. The van der Waals surface area contributed by atoms with E-state index >= 15 is 0 Å². The Bertz CT molecular complexity index is 514. The van der Waals surface area contributed by atoms with Gasteiger partial charge < -0.3 is 5.32 Å². The fourth-order valence-corrected chi connectivity index (χ4v) is 5.82. The highest BCUT2D eigenvalue weighted by atomic mass is 19.1. The molecule has 1 unspecified atom stereocenters. The summed E-state index contributed by atoms with van der Waals surface area (Å²) in [7, 11) is 1.92. The molecule has 0 aromatic heterocycles. The van der Waals surface area contributed by atoms with Crippen LogP contribution in [0.1, 0.15) is 43.7 Å². The third-order valence-corrected chi connectivity index (χ3v) is 6.29. The Morgan fingerprint density at radius 2 is 1.62 bits per heavy atom. The van der Waals surface area contributed by atoms with Crippen molar-refractivity contribution >= 4 is 0 Å². The van der Waals surface area contributed by atoms with Gasteiger partial charge in [-0.25, -0.2) is 8.78 Å². The Morgan fingerprint density at radius 1 is 1.00 bits per heavy atom. The SMILES string of the molecule is CNC(c1ccc(F)cc1F)C1C2CC3CC(C2)CC1C3. The van der Waals surface area contributed by atoms with E-state index in [1.807, 2.05) is 7.05 Å². The minimum Gasteiger partial charge on any atom is -0.313 e. The third kappa shape index (κ3) is 2.21. The summed E-state index contributed by atoms with van der Waals surface area (Å²) in [6, 6.07) is 4.08. The van der Waals surface area contributed by atoms with E-state index in [1.165, 1.54) is 38.2 Å². The molecular weight excluding hydrogens is 268 g/mol. The number of hydrogen-bond donors (Lipinski definition) is 1. The zero-order valence-electron chi connectivity index (χ0n) is 12.5. The van der Waals surface area contributed by atoms with Gasteiger partial charge in [0.15, 0.2) is 0 Å². The molecule has 1 aromatic carbocycles.